The summed E-state index contributed by atoms with van der Waals surface area (Å²) >= 11 is 1.44. The molecule has 98 valence electrons. The molecule has 2 aliphatic rings. The molecule has 1 amide bonds. The van der Waals surface area contributed by atoms with Gasteiger partial charge in [0.2, 0.25) is 0 Å². The van der Waals surface area contributed by atoms with Crippen molar-refractivity contribution in [1.82, 2.24) is 15.2 Å². The Balaban J connectivity index is 1.72. The van der Waals surface area contributed by atoms with Crippen LogP contribution in [0.25, 0.3) is 0 Å². The first kappa shape index (κ1) is 12.1. The zero-order valence-electron chi connectivity index (χ0n) is 10.5. The van der Waals surface area contributed by atoms with Crippen LogP contribution in [0.4, 0.5) is 0 Å². The van der Waals surface area contributed by atoms with Gasteiger partial charge in [-0.05, 0) is 32.2 Å². The largest absolute Gasteiger partial charge is 0.336 e. The maximum Gasteiger partial charge on any atom is 0.282 e. The highest BCUT2D eigenvalue weighted by Crippen LogP contribution is 2.36. The van der Waals surface area contributed by atoms with Crippen LogP contribution in [0.3, 0.4) is 0 Å². The van der Waals surface area contributed by atoms with Gasteiger partial charge < -0.3 is 10.2 Å². The van der Waals surface area contributed by atoms with Crippen LogP contribution >= 0.6 is 11.3 Å². The number of nitrogens with one attached hydrogen (secondary N) is 1. The van der Waals surface area contributed by atoms with Crippen molar-refractivity contribution in [2.24, 2.45) is 5.41 Å². The molecule has 3 heterocycles. The van der Waals surface area contributed by atoms with Crippen molar-refractivity contribution in [1.29, 1.82) is 0 Å². The molecule has 0 radical (unpaired) electrons. The van der Waals surface area contributed by atoms with E-state index in [1.807, 2.05) is 10.3 Å². The molecule has 1 unspecified atom stereocenters. The number of carbonyl (C=O) groups is 1. The van der Waals surface area contributed by atoms with Crippen LogP contribution in [-0.4, -0.2) is 42.0 Å². The van der Waals surface area contributed by atoms with Gasteiger partial charge in [-0.1, -0.05) is 0 Å². The van der Waals surface area contributed by atoms with Crippen LogP contribution in [-0.2, 0) is 0 Å². The van der Waals surface area contributed by atoms with Crippen molar-refractivity contribution in [2.75, 3.05) is 26.2 Å². The Labute approximate surface area is 111 Å². The summed E-state index contributed by atoms with van der Waals surface area (Å²) in [6.07, 6.45) is 6.57. The van der Waals surface area contributed by atoms with Crippen molar-refractivity contribution in [3.8, 4) is 0 Å². The third kappa shape index (κ3) is 2.29. The van der Waals surface area contributed by atoms with E-state index in [1.54, 1.807) is 6.20 Å². The van der Waals surface area contributed by atoms with E-state index < -0.39 is 0 Å². The van der Waals surface area contributed by atoms with Crippen LogP contribution in [0.2, 0.25) is 0 Å². The molecule has 0 aliphatic carbocycles. The van der Waals surface area contributed by atoms with Crippen LogP contribution in [0.15, 0.2) is 11.6 Å². The number of hydrogen-bond acceptors (Lipinski definition) is 4. The Morgan fingerprint density at radius 2 is 2.33 bits per heavy atom. The second-order valence-electron chi connectivity index (χ2n) is 5.45. The van der Waals surface area contributed by atoms with Gasteiger partial charge in [0.1, 0.15) is 0 Å². The number of thiazole rings is 1. The fourth-order valence-electron chi connectivity index (χ4n) is 3.22. The number of piperidine rings is 2. The lowest BCUT2D eigenvalue weighted by Crippen LogP contribution is -2.52. The monoisotopic (exact) mass is 265 g/mol. The lowest BCUT2D eigenvalue weighted by molar-refractivity contribution is 0.0433. The molecule has 1 atom stereocenters. The Morgan fingerprint density at radius 3 is 3.06 bits per heavy atom. The molecular formula is C13H19N3OS. The Hall–Kier alpha value is -0.940. The third-order valence-corrected chi connectivity index (χ3v) is 4.89. The van der Waals surface area contributed by atoms with Gasteiger partial charge in [0.15, 0.2) is 5.01 Å². The number of amides is 1. The molecule has 1 spiro atoms. The van der Waals surface area contributed by atoms with Gasteiger partial charge in [0.25, 0.3) is 5.91 Å². The summed E-state index contributed by atoms with van der Waals surface area (Å²) in [5.74, 6) is 0.120. The van der Waals surface area contributed by atoms with Gasteiger partial charge >= 0.3 is 0 Å². The first-order chi connectivity index (χ1) is 8.79. The van der Waals surface area contributed by atoms with E-state index in [4.69, 9.17) is 0 Å². The predicted molar refractivity (Wildman–Crippen MR) is 71.8 cm³/mol. The summed E-state index contributed by atoms with van der Waals surface area (Å²) in [5, 5.41) is 5.99. The zero-order valence-corrected chi connectivity index (χ0v) is 11.3. The summed E-state index contributed by atoms with van der Waals surface area (Å²) in [7, 11) is 0. The molecule has 5 heteroatoms. The quantitative estimate of drug-likeness (QED) is 0.841. The van der Waals surface area contributed by atoms with Gasteiger partial charge in [-0.3, -0.25) is 4.79 Å². The van der Waals surface area contributed by atoms with E-state index in [9.17, 15) is 4.79 Å². The lowest BCUT2D eigenvalue weighted by Gasteiger charge is -2.45. The van der Waals surface area contributed by atoms with E-state index in [-0.39, 0.29) is 5.91 Å². The highest BCUT2D eigenvalue weighted by atomic mass is 32.1. The van der Waals surface area contributed by atoms with E-state index >= 15 is 0 Å². The van der Waals surface area contributed by atoms with Gasteiger partial charge in [-0.2, -0.15) is 0 Å². The fraction of sp³-hybridized carbons (Fsp3) is 0.692. The second kappa shape index (κ2) is 4.97. The summed E-state index contributed by atoms with van der Waals surface area (Å²) in [6, 6.07) is 0. The van der Waals surface area contributed by atoms with E-state index in [0.29, 0.717) is 10.4 Å². The van der Waals surface area contributed by atoms with E-state index in [2.05, 4.69) is 10.3 Å². The van der Waals surface area contributed by atoms with Crippen molar-refractivity contribution in [3.05, 3.63) is 16.6 Å². The molecule has 1 N–H and O–H groups in total. The molecule has 3 rings (SSSR count). The topological polar surface area (TPSA) is 45.2 Å². The van der Waals surface area contributed by atoms with Gasteiger partial charge in [0, 0.05) is 36.6 Å². The molecule has 18 heavy (non-hydrogen) atoms. The molecule has 4 nitrogen and oxygen atoms in total. The van der Waals surface area contributed by atoms with Crippen LogP contribution in [0.1, 0.15) is 35.5 Å². The predicted octanol–water partition coefficient (Wildman–Crippen LogP) is 1.75. The average molecular weight is 265 g/mol. The third-order valence-electron chi connectivity index (χ3n) is 4.12. The molecule has 0 bridgehead atoms. The second-order valence-corrected chi connectivity index (χ2v) is 6.34. The number of aromatic nitrogens is 1. The fourth-order valence-corrected chi connectivity index (χ4v) is 3.83. The minimum Gasteiger partial charge on any atom is -0.336 e. The molecule has 0 saturated carbocycles. The number of likely N-dealkylation sites (tertiary alicyclic amines) is 1. The number of hydrogen-bond donors (Lipinski definition) is 1. The smallest absolute Gasteiger partial charge is 0.282 e. The Bertz CT molecular complexity index is 406. The summed E-state index contributed by atoms with van der Waals surface area (Å²) in [5.41, 5.74) is 0.323. The van der Waals surface area contributed by atoms with Gasteiger partial charge in [-0.15, -0.1) is 11.3 Å². The standard InChI is InChI=1S/C13H19N3OS/c17-12(11-15-6-8-18-11)16-7-2-4-13(10-16)3-1-5-14-9-13/h6,8,14H,1-5,7,9-10H2. The molecule has 2 saturated heterocycles. The number of carbonyl (C=O) groups excluding carboxylic acids is 1. The normalized spacial score (nSPS) is 28.6. The van der Waals surface area contributed by atoms with Crippen LogP contribution < -0.4 is 5.32 Å². The zero-order chi connectivity index (χ0) is 12.4. The minimum absolute atomic E-state index is 0.120. The van der Waals surface area contributed by atoms with Gasteiger partial charge in [0.05, 0.1) is 0 Å². The Kier molecular flexibility index (Phi) is 3.35. The summed E-state index contributed by atoms with van der Waals surface area (Å²) < 4.78 is 0. The molecule has 1 aromatic rings. The molecule has 2 fully saturated rings. The van der Waals surface area contributed by atoms with Crippen molar-refractivity contribution < 1.29 is 4.79 Å². The van der Waals surface area contributed by atoms with Crippen LogP contribution in [0.5, 0.6) is 0 Å². The summed E-state index contributed by atoms with van der Waals surface area (Å²) in [4.78, 5) is 18.5. The maximum absolute atomic E-state index is 12.3. The lowest BCUT2D eigenvalue weighted by atomic mass is 9.74. The van der Waals surface area contributed by atoms with Crippen molar-refractivity contribution in [2.45, 2.75) is 25.7 Å². The van der Waals surface area contributed by atoms with Crippen LogP contribution in [0, 0.1) is 5.41 Å². The first-order valence-corrected chi connectivity index (χ1v) is 7.57. The SMILES string of the molecule is O=C(c1nccs1)N1CCCC2(CCCNC2)C1. The summed E-state index contributed by atoms with van der Waals surface area (Å²) in [6.45, 7) is 3.98. The Morgan fingerprint density at radius 1 is 1.44 bits per heavy atom. The maximum atomic E-state index is 12.3. The van der Waals surface area contributed by atoms with Crippen molar-refractivity contribution >= 4 is 17.2 Å². The first-order valence-electron chi connectivity index (χ1n) is 6.69. The highest BCUT2D eigenvalue weighted by molar-refractivity contribution is 7.11. The van der Waals surface area contributed by atoms with Crippen molar-refractivity contribution in [3.63, 3.8) is 0 Å². The molecule has 0 aromatic carbocycles. The van der Waals surface area contributed by atoms with E-state index in [1.165, 1.54) is 30.6 Å². The molecular weight excluding hydrogens is 246 g/mol. The van der Waals surface area contributed by atoms with Gasteiger partial charge in [-0.25, -0.2) is 4.98 Å². The molecule has 2 aliphatic heterocycles. The number of nitrogens with zero attached hydrogens (tertiary/aromatic N) is 2. The average Bonchev–Trinajstić information content (AvgIpc) is 2.93. The highest BCUT2D eigenvalue weighted by Gasteiger charge is 2.38. The number of rotatable bonds is 1. The van der Waals surface area contributed by atoms with E-state index in [0.717, 1.165) is 32.6 Å². The molecule has 1 aromatic heterocycles. The minimum atomic E-state index is 0.120.